The third kappa shape index (κ3) is 7.70. The van der Waals surface area contributed by atoms with Crippen LogP contribution in [-0.4, -0.2) is 51.8 Å². The summed E-state index contributed by atoms with van der Waals surface area (Å²) >= 11 is 0. The van der Waals surface area contributed by atoms with E-state index >= 15 is 0 Å². The van der Waals surface area contributed by atoms with Gasteiger partial charge in [0.05, 0.1) is 12.4 Å². The fourth-order valence-electron chi connectivity index (χ4n) is 1.30. The van der Waals surface area contributed by atoms with Gasteiger partial charge in [-0.05, 0) is 11.8 Å². The van der Waals surface area contributed by atoms with Crippen LogP contribution in [0.3, 0.4) is 0 Å². The second-order valence-electron chi connectivity index (χ2n) is 5.62. The molecule has 104 valence electrons. The largest absolute Gasteiger partial charge is 0.383 e. The van der Waals surface area contributed by atoms with Crippen molar-refractivity contribution in [3.05, 3.63) is 0 Å². The number of ether oxygens (including phenoxy) is 1. The maximum atomic E-state index is 11.9. The third-order valence-corrected chi connectivity index (χ3v) is 4.28. The van der Waals surface area contributed by atoms with E-state index in [2.05, 4.69) is 0 Å². The van der Waals surface area contributed by atoms with Gasteiger partial charge in [-0.15, -0.1) is 0 Å². The second kappa shape index (κ2) is 6.68. The topological polar surface area (TPSA) is 72.6 Å². The molecule has 0 bridgehead atoms. The summed E-state index contributed by atoms with van der Waals surface area (Å²) in [5.74, 6) is 0.159. The first-order valence-electron chi connectivity index (χ1n) is 5.77. The SMILES string of the molecule is COCC(N)CN(C)S(=O)(=O)CCC(C)(C)C. The van der Waals surface area contributed by atoms with Crippen LogP contribution in [0.2, 0.25) is 0 Å². The Kier molecular flexibility index (Phi) is 6.61. The van der Waals surface area contributed by atoms with E-state index in [1.165, 1.54) is 4.31 Å². The Hall–Kier alpha value is -0.170. The molecule has 0 aliphatic carbocycles. The monoisotopic (exact) mass is 266 g/mol. The van der Waals surface area contributed by atoms with E-state index in [-0.39, 0.29) is 17.2 Å². The lowest BCUT2D eigenvalue weighted by Gasteiger charge is -2.23. The van der Waals surface area contributed by atoms with Gasteiger partial charge in [-0.2, -0.15) is 0 Å². The van der Waals surface area contributed by atoms with Crippen molar-refractivity contribution in [3.8, 4) is 0 Å². The Morgan fingerprint density at radius 1 is 1.35 bits per heavy atom. The molecule has 1 atom stereocenters. The van der Waals surface area contributed by atoms with Gasteiger partial charge in [-0.3, -0.25) is 0 Å². The number of hydrogen-bond donors (Lipinski definition) is 1. The molecule has 0 radical (unpaired) electrons. The third-order valence-electron chi connectivity index (χ3n) is 2.46. The molecule has 0 amide bonds. The normalized spacial score (nSPS) is 15.2. The summed E-state index contributed by atoms with van der Waals surface area (Å²) in [6.07, 6.45) is 0.638. The number of nitrogens with zero attached hydrogens (tertiary/aromatic N) is 1. The standard InChI is InChI=1S/C11H26N2O3S/c1-11(2,3)6-7-17(14,15)13(4)8-10(12)9-16-5/h10H,6-9,12H2,1-5H3. The Balaban J connectivity index is 4.31. The van der Waals surface area contributed by atoms with Crippen LogP contribution >= 0.6 is 0 Å². The molecule has 0 saturated carbocycles. The predicted octanol–water partition coefficient (Wildman–Crippen LogP) is 0.658. The lowest BCUT2D eigenvalue weighted by atomic mass is 9.94. The van der Waals surface area contributed by atoms with Crippen molar-refractivity contribution >= 4 is 10.0 Å². The Labute approximate surface area is 105 Å². The van der Waals surface area contributed by atoms with Crippen LogP contribution in [0, 0.1) is 5.41 Å². The summed E-state index contributed by atoms with van der Waals surface area (Å²) in [7, 11) is -0.0965. The summed E-state index contributed by atoms with van der Waals surface area (Å²) in [6.45, 7) is 6.73. The summed E-state index contributed by atoms with van der Waals surface area (Å²) in [5, 5.41) is 0. The highest BCUT2D eigenvalue weighted by atomic mass is 32.2. The molecule has 1 unspecified atom stereocenters. The van der Waals surface area contributed by atoms with E-state index in [4.69, 9.17) is 10.5 Å². The number of nitrogens with two attached hydrogens (primary N) is 1. The van der Waals surface area contributed by atoms with E-state index < -0.39 is 10.0 Å². The average molecular weight is 266 g/mol. The molecule has 0 heterocycles. The van der Waals surface area contributed by atoms with Gasteiger partial charge < -0.3 is 10.5 Å². The van der Waals surface area contributed by atoms with Crippen molar-refractivity contribution in [2.75, 3.05) is 33.1 Å². The van der Waals surface area contributed by atoms with Gasteiger partial charge in [0.2, 0.25) is 10.0 Å². The van der Waals surface area contributed by atoms with Gasteiger partial charge in [0, 0.05) is 26.7 Å². The van der Waals surface area contributed by atoms with Crippen molar-refractivity contribution in [3.63, 3.8) is 0 Å². The van der Waals surface area contributed by atoms with Crippen LogP contribution in [0.5, 0.6) is 0 Å². The zero-order valence-electron chi connectivity index (χ0n) is 11.6. The summed E-state index contributed by atoms with van der Waals surface area (Å²) in [4.78, 5) is 0. The molecule has 0 rings (SSSR count). The summed E-state index contributed by atoms with van der Waals surface area (Å²) in [5.41, 5.74) is 5.75. The van der Waals surface area contributed by atoms with Gasteiger partial charge in [0.1, 0.15) is 0 Å². The Bertz CT molecular complexity index is 309. The first-order chi connectivity index (χ1) is 7.58. The molecular weight excluding hydrogens is 240 g/mol. The number of likely N-dealkylation sites (N-methyl/N-ethyl adjacent to an activating group) is 1. The maximum absolute atomic E-state index is 11.9. The average Bonchev–Trinajstić information content (AvgIpc) is 2.14. The van der Waals surface area contributed by atoms with E-state index in [1.54, 1.807) is 14.2 Å². The fraction of sp³-hybridized carbons (Fsp3) is 1.00. The first-order valence-corrected chi connectivity index (χ1v) is 7.38. The molecule has 0 aromatic carbocycles. The van der Waals surface area contributed by atoms with Crippen molar-refractivity contribution < 1.29 is 13.2 Å². The van der Waals surface area contributed by atoms with E-state index in [0.717, 1.165) is 0 Å². The molecule has 0 aromatic rings. The first kappa shape index (κ1) is 16.8. The predicted molar refractivity (Wildman–Crippen MR) is 70.3 cm³/mol. The van der Waals surface area contributed by atoms with Crippen LogP contribution in [0.25, 0.3) is 0 Å². The molecule has 5 nitrogen and oxygen atoms in total. The molecule has 0 aromatic heterocycles. The van der Waals surface area contributed by atoms with Crippen LogP contribution in [-0.2, 0) is 14.8 Å². The molecular formula is C11H26N2O3S. The molecule has 17 heavy (non-hydrogen) atoms. The highest BCUT2D eigenvalue weighted by Crippen LogP contribution is 2.20. The molecule has 2 N–H and O–H groups in total. The zero-order valence-corrected chi connectivity index (χ0v) is 12.4. The van der Waals surface area contributed by atoms with E-state index in [9.17, 15) is 8.42 Å². The van der Waals surface area contributed by atoms with Gasteiger partial charge in [0.25, 0.3) is 0 Å². The Morgan fingerprint density at radius 2 is 1.88 bits per heavy atom. The van der Waals surface area contributed by atoms with Crippen LogP contribution in [0.4, 0.5) is 0 Å². The van der Waals surface area contributed by atoms with Gasteiger partial charge >= 0.3 is 0 Å². The highest BCUT2D eigenvalue weighted by molar-refractivity contribution is 7.89. The van der Waals surface area contributed by atoms with Crippen molar-refractivity contribution in [1.29, 1.82) is 0 Å². The number of methoxy groups -OCH3 is 1. The van der Waals surface area contributed by atoms with Crippen molar-refractivity contribution in [2.24, 2.45) is 11.1 Å². The Morgan fingerprint density at radius 3 is 2.29 bits per heavy atom. The van der Waals surface area contributed by atoms with Crippen molar-refractivity contribution in [2.45, 2.75) is 33.2 Å². The summed E-state index contributed by atoms with van der Waals surface area (Å²) < 4.78 is 30.1. The van der Waals surface area contributed by atoms with Gasteiger partial charge in [-0.25, -0.2) is 12.7 Å². The summed E-state index contributed by atoms with van der Waals surface area (Å²) in [6, 6.07) is -0.283. The molecule has 0 aliphatic rings. The molecule has 0 spiro atoms. The van der Waals surface area contributed by atoms with Crippen LogP contribution in [0.15, 0.2) is 0 Å². The molecule has 0 aliphatic heterocycles. The molecule has 6 heteroatoms. The van der Waals surface area contributed by atoms with Crippen LogP contribution in [0.1, 0.15) is 27.2 Å². The minimum Gasteiger partial charge on any atom is -0.383 e. The van der Waals surface area contributed by atoms with Crippen molar-refractivity contribution in [1.82, 2.24) is 4.31 Å². The minimum absolute atomic E-state index is 0.0164. The molecule has 0 saturated heterocycles. The highest BCUT2D eigenvalue weighted by Gasteiger charge is 2.22. The second-order valence-corrected chi connectivity index (χ2v) is 7.82. The van der Waals surface area contributed by atoms with Gasteiger partial charge in [-0.1, -0.05) is 20.8 Å². The zero-order chi connectivity index (χ0) is 13.7. The van der Waals surface area contributed by atoms with Gasteiger partial charge in [0.15, 0.2) is 0 Å². The quantitative estimate of drug-likeness (QED) is 0.734. The number of sulfonamides is 1. The maximum Gasteiger partial charge on any atom is 0.213 e. The smallest absolute Gasteiger partial charge is 0.213 e. The van der Waals surface area contributed by atoms with Crippen LogP contribution < -0.4 is 5.73 Å². The lowest BCUT2D eigenvalue weighted by molar-refractivity contribution is 0.173. The minimum atomic E-state index is -3.21. The van der Waals surface area contributed by atoms with E-state index in [1.807, 2.05) is 20.8 Å². The fourth-order valence-corrected chi connectivity index (χ4v) is 2.90. The van der Waals surface area contributed by atoms with E-state index in [0.29, 0.717) is 19.6 Å². The number of rotatable bonds is 7. The number of hydrogen-bond acceptors (Lipinski definition) is 4. The lowest BCUT2D eigenvalue weighted by Crippen LogP contribution is -2.42. The molecule has 0 fully saturated rings.